The van der Waals surface area contributed by atoms with Crippen molar-refractivity contribution in [2.75, 3.05) is 30.8 Å². The van der Waals surface area contributed by atoms with Gasteiger partial charge in [0.15, 0.2) is 9.84 Å². The zero-order valence-electron chi connectivity index (χ0n) is 19.5. The molecule has 3 rings (SSSR count). The maximum atomic E-state index is 12.4. The molecule has 1 amide bonds. The topological polar surface area (TPSA) is 88.6 Å². The van der Waals surface area contributed by atoms with E-state index in [0.29, 0.717) is 24.2 Å². The zero-order chi connectivity index (χ0) is 23.8. The van der Waals surface area contributed by atoms with Gasteiger partial charge in [0.1, 0.15) is 10.8 Å². The van der Waals surface area contributed by atoms with E-state index in [4.69, 9.17) is 16.3 Å². The second-order valence-electron chi connectivity index (χ2n) is 9.80. The van der Waals surface area contributed by atoms with Crippen molar-refractivity contribution < 1.29 is 17.9 Å². The van der Waals surface area contributed by atoms with Crippen molar-refractivity contribution >= 4 is 44.0 Å². The molecule has 1 N–H and O–H groups in total. The highest BCUT2D eigenvalue weighted by Crippen LogP contribution is 2.37. The molecule has 1 aliphatic heterocycles. The quantitative estimate of drug-likeness (QED) is 0.615. The molecule has 9 heteroatoms. The summed E-state index contributed by atoms with van der Waals surface area (Å²) in [6.07, 6.45) is 2.39. The third kappa shape index (κ3) is 5.64. The molecule has 1 fully saturated rings. The Balaban J connectivity index is 1.76. The van der Waals surface area contributed by atoms with Crippen molar-refractivity contribution in [2.24, 2.45) is 5.92 Å². The fraction of sp³-hybridized carbons (Fsp3) is 0.565. The van der Waals surface area contributed by atoms with E-state index in [1.165, 1.54) is 11.8 Å². The van der Waals surface area contributed by atoms with E-state index >= 15 is 0 Å². The molecule has 2 heterocycles. The summed E-state index contributed by atoms with van der Waals surface area (Å²) in [4.78, 5) is 18.4. The Hall–Kier alpha value is -2.06. The lowest BCUT2D eigenvalue weighted by atomic mass is 9.91. The number of pyridine rings is 1. The number of sulfone groups is 1. The molecule has 0 radical (unpaired) electrons. The molecule has 0 aliphatic carbocycles. The van der Waals surface area contributed by atoms with Gasteiger partial charge in [0.25, 0.3) is 0 Å². The van der Waals surface area contributed by atoms with Crippen molar-refractivity contribution in [3.63, 3.8) is 0 Å². The minimum atomic E-state index is -3.36. The highest BCUT2D eigenvalue weighted by atomic mass is 35.5. The molecule has 1 atom stereocenters. The van der Waals surface area contributed by atoms with Crippen LogP contribution in [0.3, 0.4) is 0 Å². The van der Waals surface area contributed by atoms with E-state index in [9.17, 15) is 13.2 Å². The first-order valence-corrected chi connectivity index (χ1v) is 13.1. The Kier molecular flexibility index (Phi) is 6.96. The van der Waals surface area contributed by atoms with Crippen molar-refractivity contribution in [3.05, 3.63) is 35.1 Å². The smallest absolute Gasteiger partial charge is 0.407 e. The van der Waals surface area contributed by atoms with Crippen LogP contribution < -0.4 is 10.2 Å². The van der Waals surface area contributed by atoms with Gasteiger partial charge >= 0.3 is 6.09 Å². The number of rotatable bonds is 6. The van der Waals surface area contributed by atoms with Crippen LogP contribution in [-0.2, 0) is 14.6 Å². The van der Waals surface area contributed by atoms with Crippen molar-refractivity contribution in [1.29, 1.82) is 0 Å². The van der Waals surface area contributed by atoms with Crippen LogP contribution in [0.4, 0.5) is 10.5 Å². The number of fused-ring (bicyclic) bond motifs is 1. The fourth-order valence-electron chi connectivity index (χ4n) is 4.11. The van der Waals surface area contributed by atoms with E-state index in [1.54, 1.807) is 27.0 Å². The largest absolute Gasteiger partial charge is 0.444 e. The summed E-state index contributed by atoms with van der Waals surface area (Å²) >= 11 is 6.15. The summed E-state index contributed by atoms with van der Waals surface area (Å²) in [5.41, 5.74) is 1.57. The molecule has 7 nitrogen and oxygen atoms in total. The van der Waals surface area contributed by atoms with Crippen LogP contribution >= 0.6 is 11.6 Å². The first kappa shape index (κ1) is 24.6. The standard InChI is InChI=1S/C23H32ClN3O4S/c1-14(2)16-7-8-19(18-10-25-21(24)9-17(16)18)27-12-15(13-27)20(32(6,29)30)11-26-22(28)31-23(3,4)5/h7-10,14-15,20H,11-13H2,1-6H3,(H,26,28). The van der Waals surface area contributed by atoms with Gasteiger partial charge in [-0.25, -0.2) is 18.2 Å². The number of aromatic nitrogens is 1. The number of amides is 1. The first-order chi connectivity index (χ1) is 14.8. The number of hydrogen-bond donors (Lipinski definition) is 1. The van der Waals surface area contributed by atoms with E-state index in [0.717, 1.165) is 16.5 Å². The van der Waals surface area contributed by atoms with Crippen LogP contribution in [0.1, 0.15) is 46.1 Å². The molecule has 0 spiro atoms. The molecular weight excluding hydrogens is 450 g/mol. The van der Waals surface area contributed by atoms with Gasteiger partial charge in [0, 0.05) is 49.1 Å². The van der Waals surface area contributed by atoms with Crippen LogP contribution in [0.25, 0.3) is 10.8 Å². The molecule has 1 aliphatic rings. The Morgan fingerprint density at radius 3 is 2.50 bits per heavy atom. The number of benzene rings is 1. The van der Waals surface area contributed by atoms with Crippen molar-refractivity contribution in [3.8, 4) is 0 Å². The number of halogens is 1. The Morgan fingerprint density at radius 2 is 1.94 bits per heavy atom. The Labute approximate surface area is 195 Å². The minimum Gasteiger partial charge on any atom is -0.444 e. The van der Waals surface area contributed by atoms with E-state index in [-0.39, 0.29) is 12.5 Å². The van der Waals surface area contributed by atoms with Gasteiger partial charge < -0.3 is 15.0 Å². The number of alkyl carbamates (subject to hydrolysis) is 1. The SMILES string of the molecule is CC(C)c1ccc(N2CC(C(CNC(=O)OC(C)(C)C)S(C)(=O)=O)C2)c2cnc(Cl)cc12. The highest BCUT2D eigenvalue weighted by Gasteiger charge is 2.40. The average Bonchev–Trinajstić information content (AvgIpc) is 2.59. The zero-order valence-corrected chi connectivity index (χ0v) is 21.0. The second-order valence-corrected chi connectivity index (χ2v) is 12.4. The van der Waals surface area contributed by atoms with E-state index in [2.05, 4.69) is 41.2 Å². The molecule has 32 heavy (non-hydrogen) atoms. The lowest BCUT2D eigenvalue weighted by Gasteiger charge is -2.44. The van der Waals surface area contributed by atoms with Crippen LogP contribution in [0.2, 0.25) is 5.15 Å². The molecule has 1 aromatic heterocycles. The van der Waals surface area contributed by atoms with Gasteiger partial charge in [0.2, 0.25) is 0 Å². The predicted octanol–water partition coefficient (Wildman–Crippen LogP) is 4.39. The summed E-state index contributed by atoms with van der Waals surface area (Å²) in [5, 5.41) is 4.45. The number of ether oxygens (including phenoxy) is 1. The van der Waals surface area contributed by atoms with E-state index < -0.39 is 26.8 Å². The molecule has 1 unspecified atom stereocenters. The van der Waals surface area contributed by atoms with Gasteiger partial charge in [-0.2, -0.15) is 0 Å². The molecular formula is C23H32ClN3O4S. The van der Waals surface area contributed by atoms with Crippen molar-refractivity contribution in [1.82, 2.24) is 10.3 Å². The molecule has 0 bridgehead atoms. The summed E-state index contributed by atoms with van der Waals surface area (Å²) < 4.78 is 30.1. The van der Waals surface area contributed by atoms with Gasteiger partial charge in [-0.3, -0.25) is 0 Å². The van der Waals surface area contributed by atoms with Crippen LogP contribution in [0, 0.1) is 5.92 Å². The Bertz CT molecular complexity index is 1110. The van der Waals surface area contributed by atoms with Crippen LogP contribution in [0.15, 0.2) is 24.4 Å². The van der Waals surface area contributed by atoms with Gasteiger partial charge in [0.05, 0.1) is 5.25 Å². The lowest BCUT2D eigenvalue weighted by Crippen LogP contribution is -2.57. The average molecular weight is 482 g/mol. The fourth-order valence-corrected chi connectivity index (χ4v) is 5.53. The normalized spacial score (nSPS) is 16.2. The van der Waals surface area contributed by atoms with Gasteiger partial charge in [-0.1, -0.05) is 31.5 Å². The monoisotopic (exact) mass is 481 g/mol. The maximum Gasteiger partial charge on any atom is 0.407 e. The second kappa shape index (κ2) is 9.06. The van der Waals surface area contributed by atoms with E-state index in [1.807, 2.05) is 6.07 Å². The summed E-state index contributed by atoms with van der Waals surface area (Å²) in [5.74, 6) is 0.239. The Morgan fingerprint density at radius 1 is 1.28 bits per heavy atom. The molecule has 176 valence electrons. The number of carbonyl (C=O) groups is 1. The minimum absolute atomic E-state index is 0.0243. The lowest BCUT2D eigenvalue weighted by molar-refractivity contribution is 0.0525. The van der Waals surface area contributed by atoms with Gasteiger partial charge in [-0.15, -0.1) is 0 Å². The summed E-state index contributed by atoms with van der Waals surface area (Å²) in [7, 11) is -3.36. The highest BCUT2D eigenvalue weighted by molar-refractivity contribution is 7.91. The number of nitrogens with one attached hydrogen (secondary N) is 1. The molecule has 1 saturated heterocycles. The molecule has 2 aromatic rings. The third-order valence-corrected chi connectivity index (χ3v) is 7.53. The van der Waals surface area contributed by atoms with Crippen molar-refractivity contribution in [2.45, 2.75) is 51.4 Å². The first-order valence-electron chi connectivity index (χ1n) is 10.7. The van der Waals surface area contributed by atoms with Crippen LogP contribution in [0.5, 0.6) is 0 Å². The summed E-state index contributed by atoms with van der Waals surface area (Å²) in [6, 6.07) is 6.05. The maximum absolute atomic E-state index is 12.4. The number of nitrogens with zero attached hydrogens (tertiary/aromatic N) is 2. The molecule has 1 aromatic carbocycles. The predicted molar refractivity (Wildman–Crippen MR) is 129 cm³/mol. The third-order valence-electron chi connectivity index (χ3n) is 5.67. The summed E-state index contributed by atoms with van der Waals surface area (Å²) in [6.45, 7) is 10.7. The number of carbonyl (C=O) groups excluding carboxylic acids is 1. The molecule has 0 saturated carbocycles. The number of hydrogen-bond acceptors (Lipinski definition) is 6. The number of anilines is 1. The van der Waals surface area contributed by atoms with Gasteiger partial charge in [-0.05, 0) is 49.8 Å². The van der Waals surface area contributed by atoms with Crippen LogP contribution in [-0.4, -0.2) is 56.2 Å².